The third kappa shape index (κ3) is 11.2. The van der Waals surface area contributed by atoms with Gasteiger partial charge in [-0.1, -0.05) is 105 Å². The minimum absolute atomic E-state index is 0.0427. The van der Waals surface area contributed by atoms with Crippen LogP contribution in [-0.4, -0.2) is 33.0 Å². The molecule has 7 heteroatoms. The van der Waals surface area contributed by atoms with Gasteiger partial charge in [-0.3, -0.25) is 4.79 Å². The Labute approximate surface area is 260 Å². The van der Waals surface area contributed by atoms with Crippen LogP contribution in [0.25, 0.3) is 29.0 Å². The Morgan fingerprint density at radius 3 is 2.40 bits per heavy atom. The molecule has 0 spiro atoms. The highest BCUT2D eigenvalue weighted by atomic mass is 35.5. The second-order valence-corrected chi connectivity index (χ2v) is 9.76. The van der Waals surface area contributed by atoms with Crippen molar-refractivity contribution in [2.45, 2.75) is 46.6 Å². The number of halogens is 2. The number of carbonyl (C=O) groups excluding carboxylic acids is 1. The van der Waals surface area contributed by atoms with E-state index in [4.69, 9.17) is 23.2 Å². The number of nitrogens with one attached hydrogen (secondary N) is 1. The number of aromatic hydroxyl groups is 1. The summed E-state index contributed by atoms with van der Waals surface area (Å²) >= 11 is 10.2. The van der Waals surface area contributed by atoms with Gasteiger partial charge >= 0.3 is 0 Å². The number of phenols is 1. The molecule has 1 amide bonds. The summed E-state index contributed by atoms with van der Waals surface area (Å²) in [7, 11) is 0. The zero-order valence-corrected chi connectivity index (χ0v) is 26.3. The zero-order valence-electron chi connectivity index (χ0n) is 24.8. The fraction of sp³-hybridized carbons (Fsp3) is 0.257. The zero-order chi connectivity index (χ0) is 30.7. The van der Waals surface area contributed by atoms with Crippen LogP contribution in [0.1, 0.15) is 62.7 Å². The summed E-state index contributed by atoms with van der Waals surface area (Å²) in [5.74, 6) is 1.72. The second-order valence-electron chi connectivity index (χ2n) is 9.20. The van der Waals surface area contributed by atoms with Crippen LogP contribution in [0.3, 0.4) is 0 Å². The molecule has 1 heterocycles. The van der Waals surface area contributed by atoms with Gasteiger partial charge in [0.15, 0.2) is 0 Å². The van der Waals surface area contributed by atoms with E-state index in [-0.39, 0.29) is 18.2 Å². The maximum Gasteiger partial charge on any atom is 0.239 e. The third-order valence-corrected chi connectivity index (χ3v) is 6.58. The smallest absolute Gasteiger partial charge is 0.239 e. The predicted molar refractivity (Wildman–Crippen MR) is 181 cm³/mol. The van der Waals surface area contributed by atoms with Crippen LogP contribution in [0.2, 0.25) is 0 Å². The maximum absolute atomic E-state index is 12.7. The van der Waals surface area contributed by atoms with Crippen LogP contribution >= 0.6 is 23.2 Å². The number of aromatic nitrogens is 2. The standard InChI is InChI=1S/C30H31N3O2.C3H4Cl2.C2H6/c1-3-7-25-20-33(29(32-25)17-14-23-12-15-26(34)16-13-23)21-30(35)31-19-18-22(2)27-11-6-9-24-8-4-5-10-28(24)27;4-2-1-3-5;1-2/h3-17,20,22,34H,18-19,21H2,1-2H3,(H,31,35);1-2H,3H2;1-2H3/b7-3+,17-14+;2-1+;. The molecule has 222 valence electrons. The molecule has 0 radical (unpaired) electrons. The van der Waals surface area contributed by atoms with Gasteiger partial charge in [-0.2, -0.15) is 0 Å². The fourth-order valence-corrected chi connectivity index (χ4v) is 4.50. The van der Waals surface area contributed by atoms with Gasteiger partial charge in [-0.15, -0.1) is 11.6 Å². The molecule has 2 N–H and O–H groups in total. The maximum atomic E-state index is 12.7. The van der Waals surface area contributed by atoms with E-state index in [2.05, 4.69) is 59.7 Å². The summed E-state index contributed by atoms with van der Waals surface area (Å²) in [4.78, 5) is 17.4. The van der Waals surface area contributed by atoms with E-state index >= 15 is 0 Å². The molecule has 5 nitrogen and oxygen atoms in total. The average molecular weight is 607 g/mol. The lowest BCUT2D eigenvalue weighted by Crippen LogP contribution is -2.29. The van der Waals surface area contributed by atoms with Crippen molar-refractivity contribution in [3.63, 3.8) is 0 Å². The number of hydrogen-bond donors (Lipinski definition) is 2. The van der Waals surface area contributed by atoms with Gasteiger partial charge < -0.3 is 15.0 Å². The number of amides is 1. The minimum Gasteiger partial charge on any atom is -0.508 e. The third-order valence-electron chi connectivity index (χ3n) is 6.23. The summed E-state index contributed by atoms with van der Waals surface area (Å²) in [5.41, 5.74) is 4.45. The van der Waals surface area contributed by atoms with Crippen molar-refractivity contribution in [1.29, 1.82) is 0 Å². The second kappa shape index (κ2) is 19.3. The molecular formula is C35H41Cl2N3O2. The van der Waals surface area contributed by atoms with Crippen molar-refractivity contribution >= 4 is 58.1 Å². The number of alkyl halides is 1. The van der Waals surface area contributed by atoms with Crippen LogP contribution in [0.4, 0.5) is 0 Å². The van der Waals surface area contributed by atoms with Crippen LogP contribution < -0.4 is 5.32 Å². The van der Waals surface area contributed by atoms with Crippen molar-refractivity contribution in [3.8, 4) is 5.75 Å². The van der Waals surface area contributed by atoms with Crippen molar-refractivity contribution in [2.75, 3.05) is 12.4 Å². The van der Waals surface area contributed by atoms with E-state index < -0.39 is 0 Å². The van der Waals surface area contributed by atoms with Gasteiger partial charge in [-0.05, 0) is 65.4 Å². The van der Waals surface area contributed by atoms with Gasteiger partial charge in [0.2, 0.25) is 5.91 Å². The van der Waals surface area contributed by atoms with Gasteiger partial charge in [0.05, 0.1) is 5.69 Å². The molecule has 0 aliphatic heterocycles. The van der Waals surface area contributed by atoms with E-state index in [0.717, 1.165) is 17.7 Å². The summed E-state index contributed by atoms with van der Waals surface area (Å²) < 4.78 is 1.86. The molecule has 42 heavy (non-hydrogen) atoms. The lowest BCUT2D eigenvalue weighted by atomic mass is 9.92. The number of fused-ring (bicyclic) bond motifs is 1. The summed E-state index contributed by atoms with van der Waals surface area (Å²) in [6.45, 7) is 8.95. The van der Waals surface area contributed by atoms with Gasteiger partial charge in [0, 0.05) is 24.2 Å². The molecule has 4 aromatic rings. The number of rotatable bonds is 10. The fourth-order valence-electron chi connectivity index (χ4n) is 4.23. The molecule has 4 rings (SSSR count). The van der Waals surface area contributed by atoms with Crippen molar-refractivity contribution in [2.24, 2.45) is 0 Å². The Hall–Kier alpha value is -3.80. The first-order chi connectivity index (χ1) is 20.4. The number of carbonyl (C=O) groups is 1. The number of allylic oxidation sites excluding steroid dienone is 2. The monoisotopic (exact) mass is 605 g/mol. The lowest BCUT2D eigenvalue weighted by Gasteiger charge is -2.15. The lowest BCUT2D eigenvalue weighted by molar-refractivity contribution is -0.121. The quantitative estimate of drug-likeness (QED) is 0.177. The highest BCUT2D eigenvalue weighted by Crippen LogP contribution is 2.27. The van der Waals surface area contributed by atoms with Gasteiger partial charge in [0.25, 0.3) is 0 Å². The molecule has 0 saturated carbocycles. The minimum atomic E-state index is -0.0427. The Kier molecular flexibility index (Phi) is 15.8. The Morgan fingerprint density at radius 2 is 1.74 bits per heavy atom. The van der Waals surface area contributed by atoms with E-state index in [1.807, 2.05) is 68.0 Å². The number of nitrogens with zero attached hydrogens (tertiary/aromatic N) is 2. The molecule has 0 saturated heterocycles. The first kappa shape index (κ1) is 34.4. The number of imidazole rings is 1. The number of hydrogen-bond acceptors (Lipinski definition) is 3. The summed E-state index contributed by atoms with van der Waals surface area (Å²) in [6.07, 6.45) is 12.0. The topological polar surface area (TPSA) is 67.2 Å². The molecule has 1 unspecified atom stereocenters. The van der Waals surface area contributed by atoms with Crippen LogP contribution in [-0.2, 0) is 11.3 Å². The normalized spacial score (nSPS) is 11.8. The molecule has 0 fully saturated rings. The summed E-state index contributed by atoms with van der Waals surface area (Å²) in [6, 6.07) is 21.8. The molecule has 1 atom stereocenters. The highest BCUT2D eigenvalue weighted by Gasteiger charge is 2.12. The van der Waals surface area contributed by atoms with Crippen LogP contribution in [0, 0.1) is 0 Å². The molecule has 0 aliphatic carbocycles. The molecule has 1 aromatic heterocycles. The largest absolute Gasteiger partial charge is 0.508 e. The average Bonchev–Trinajstić information content (AvgIpc) is 3.39. The van der Waals surface area contributed by atoms with Crippen LogP contribution in [0.5, 0.6) is 5.75 Å². The Bertz CT molecular complexity index is 1450. The predicted octanol–water partition coefficient (Wildman–Crippen LogP) is 9.26. The van der Waals surface area contributed by atoms with Crippen molar-refractivity contribution < 1.29 is 9.90 Å². The van der Waals surface area contributed by atoms with E-state index in [1.54, 1.807) is 18.2 Å². The number of phenolic OH excluding ortho intramolecular Hbond substituents is 1. The molecule has 3 aromatic carbocycles. The Balaban J connectivity index is 0.000000797. The van der Waals surface area contributed by atoms with Crippen molar-refractivity contribution in [1.82, 2.24) is 14.9 Å². The SMILES string of the molecule is C/C=C/c1cn(CC(=O)NCCC(C)c2cccc3ccccc23)c(/C=C/c2ccc(O)cc2)n1.CC.Cl/C=C/CCl. The molecule has 0 aliphatic rings. The number of benzene rings is 3. The van der Waals surface area contributed by atoms with E-state index in [0.29, 0.717) is 24.2 Å². The first-order valence-electron chi connectivity index (χ1n) is 14.2. The van der Waals surface area contributed by atoms with Gasteiger partial charge in [-0.25, -0.2) is 4.98 Å². The molecular weight excluding hydrogens is 565 g/mol. The van der Waals surface area contributed by atoms with Crippen molar-refractivity contribution in [3.05, 3.63) is 113 Å². The molecule has 0 bridgehead atoms. The van der Waals surface area contributed by atoms with Gasteiger partial charge in [0.1, 0.15) is 18.1 Å². The van der Waals surface area contributed by atoms with E-state index in [1.165, 1.54) is 21.9 Å². The van der Waals surface area contributed by atoms with E-state index in [9.17, 15) is 9.90 Å². The van der Waals surface area contributed by atoms with Crippen LogP contribution in [0.15, 0.2) is 90.6 Å². The first-order valence-corrected chi connectivity index (χ1v) is 15.1. The highest BCUT2D eigenvalue weighted by molar-refractivity contribution is 6.26. The summed E-state index contributed by atoms with van der Waals surface area (Å²) in [5, 5.41) is 15.1. The Morgan fingerprint density at radius 1 is 1.02 bits per heavy atom.